The lowest BCUT2D eigenvalue weighted by molar-refractivity contribution is -0.120. The smallest absolute Gasteiger partial charge is 0.258 e. The average molecular weight is 340 g/mol. The fourth-order valence-corrected chi connectivity index (χ4v) is 2.75. The molecule has 122 valence electrons. The molecule has 4 nitrogen and oxygen atoms in total. The number of aliphatic imine (C=N–C) groups is 1. The van der Waals surface area contributed by atoms with Crippen molar-refractivity contribution < 1.29 is 4.79 Å². The van der Waals surface area contributed by atoms with Crippen LogP contribution in [0.15, 0.2) is 71.9 Å². The summed E-state index contributed by atoms with van der Waals surface area (Å²) in [5.74, 6) is -0.0386. The highest BCUT2D eigenvalue weighted by atomic mass is 35.5. The number of nitrogens with one attached hydrogen (secondary N) is 1. The molecule has 3 N–H and O–H groups in total. The zero-order valence-corrected chi connectivity index (χ0v) is 13.8. The molecular weight excluding hydrogens is 322 g/mol. The summed E-state index contributed by atoms with van der Waals surface area (Å²) in [6.45, 7) is 0. The van der Waals surface area contributed by atoms with E-state index >= 15 is 0 Å². The molecule has 0 atom stereocenters. The van der Waals surface area contributed by atoms with Gasteiger partial charge in [0.15, 0.2) is 0 Å². The predicted octanol–water partition coefficient (Wildman–Crippen LogP) is 3.88. The fourth-order valence-electron chi connectivity index (χ4n) is 2.56. The molecule has 0 bridgehead atoms. The number of benzene rings is 2. The van der Waals surface area contributed by atoms with Crippen LogP contribution in [0.3, 0.4) is 0 Å². The topological polar surface area (TPSA) is 67.5 Å². The summed E-state index contributed by atoms with van der Waals surface area (Å²) < 4.78 is 0. The van der Waals surface area contributed by atoms with Crippen molar-refractivity contribution in [3.63, 3.8) is 0 Å². The molecule has 0 spiro atoms. The highest BCUT2D eigenvalue weighted by Gasteiger charge is 2.51. The minimum absolute atomic E-state index is 0.178. The minimum Gasteiger partial charge on any atom is -0.384 e. The van der Waals surface area contributed by atoms with Crippen molar-refractivity contribution in [2.45, 2.75) is 18.3 Å². The number of carbonyl (C=O) groups is 1. The Labute approximate surface area is 146 Å². The van der Waals surface area contributed by atoms with Gasteiger partial charge in [-0.15, -0.1) is 0 Å². The Bertz CT molecular complexity index is 795. The van der Waals surface area contributed by atoms with Crippen LogP contribution in [0.25, 0.3) is 0 Å². The van der Waals surface area contributed by atoms with Gasteiger partial charge in [-0.2, -0.15) is 4.99 Å². The lowest BCUT2D eigenvalue weighted by Crippen LogP contribution is -2.22. The van der Waals surface area contributed by atoms with E-state index in [4.69, 9.17) is 17.3 Å². The maximum atomic E-state index is 12.5. The zero-order chi connectivity index (χ0) is 17.0. The number of amides is 1. The first kappa shape index (κ1) is 16.3. The van der Waals surface area contributed by atoms with E-state index < -0.39 is 5.41 Å². The molecule has 5 heteroatoms. The maximum Gasteiger partial charge on any atom is 0.258 e. The van der Waals surface area contributed by atoms with Crippen LogP contribution in [-0.2, 0) is 10.2 Å². The van der Waals surface area contributed by atoms with Crippen molar-refractivity contribution in [3.8, 4) is 0 Å². The molecule has 3 rings (SSSR count). The number of amidine groups is 1. The Hall–Kier alpha value is -2.59. The largest absolute Gasteiger partial charge is 0.384 e. The predicted molar refractivity (Wildman–Crippen MR) is 98.2 cm³/mol. The standard InChI is InChI=1S/C19H18ClN3O/c20-15-6-4-5-14(13-15)19(10-11-19)18(24)23-17(21)9-12-22-16-7-2-1-3-8-16/h1-9,12-13,22H,10-11H2,(H2,21,23,24)/b12-9-. The minimum atomic E-state index is -0.559. The number of nitrogens with two attached hydrogens (primary N) is 1. The molecule has 0 heterocycles. The van der Waals surface area contributed by atoms with Crippen LogP contribution in [0, 0.1) is 0 Å². The highest BCUT2D eigenvalue weighted by molar-refractivity contribution is 6.30. The fraction of sp³-hybridized carbons (Fsp3) is 0.158. The molecule has 24 heavy (non-hydrogen) atoms. The number of hydrogen-bond donors (Lipinski definition) is 2. The van der Waals surface area contributed by atoms with Gasteiger partial charge in [-0.1, -0.05) is 41.9 Å². The van der Waals surface area contributed by atoms with Crippen molar-refractivity contribution in [1.82, 2.24) is 0 Å². The molecule has 0 saturated heterocycles. The summed E-state index contributed by atoms with van der Waals surface area (Å²) in [4.78, 5) is 16.6. The molecular formula is C19H18ClN3O. The van der Waals surface area contributed by atoms with Crippen LogP contribution < -0.4 is 11.1 Å². The highest BCUT2D eigenvalue weighted by Crippen LogP contribution is 2.49. The van der Waals surface area contributed by atoms with Gasteiger partial charge in [-0.05, 0) is 48.7 Å². The van der Waals surface area contributed by atoms with Crippen LogP contribution in [0.1, 0.15) is 18.4 Å². The Kier molecular flexibility index (Phi) is 4.67. The third-order valence-corrected chi connectivity index (χ3v) is 4.28. The summed E-state index contributed by atoms with van der Waals surface area (Å²) in [5.41, 5.74) is 7.13. The zero-order valence-electron chi connectivity index (χ0n) is 13.1. The van der Waals surface area contributed by atoms with E-state index in [0.29, 0.717) is 5.02 Å². The molecule has 0 unspecified atom stereocenters. The molecule has 0 aromatic heterocycles. The van der Waals surface area contributed by atoms with Gasteiger partial charge in [0.05, 0.1) is 5.41 Å². The van der Waals surface area contributed by atoms with Gasteiger partial charge in [0.25, 0.3) is 5.91 Å². The molecule has 1 aliphatic rings. The van der Waals surface area contributed by atoms with Gasteiger partial charge in [0, 0.05) is 16.9 Å². The number of nitrogens with zero attached hydrogens (tertiary/aromatic N) is 1. The van der Waals surface area contributed by atoms with E-state index in [1.54, 1.807) is 18.3 Å². The molecule has 1 amide bonds. The van der Waals surface area contributed by atoms with Crippen LogP contribution in [-0.4, -0.2) is 11.7 Å². The summed E-state index contributed by atoms with van der Waals surface area (Å²) in [5, 5.41) is 3.69. The number of rotatable bonds is 5. The average Bonchev–Trinajstić information content (AvgIpc) is 3.38. The van der Waals surface area contributed by atoms with Gasteiger partial charge < -0.3 is 11.1 Å². The normalized spacial score (nSPS) is 16.1. The first-order valence-electron chi connectivity index (χ1n) is 7.73. The summed E-state index contributed by atoms with van der Waals surface area (Å²) in [6.07, 6.45) is 4.79. The van der Waals surface area contributed by atoms with Crippen molar-refractivity contribution in [2.24, 2.45) is 10.7 Å². The third kappa shape index (κ3) is 3.66. The Morgan fingerprint density at radius 3 is 2.58 bits per heavy atom. The molecule has 1 aliphatic carbocycles. The van der Waals surface area contributed by atoms with Gasteiger partial charge in [-0.3, -0.25) is 4.79 Å². The molecule has 2 aromatic rings. The molecule has 0 radical (unpaired) electrons. The number of para-hydroxylation sites is 1. The third-order valence-electron chi connectivity index (χ3n) is 4.05. The molecule has 2 aromatic carbocycles. The van der Waals surface area contributed by atoms with E-state index in [-0.39, 0.29) is 11.7 Å². The quantitative estimate of drug-likeness (QED) is 0.641. The van der Waals surface area contributed by atoms with Gasteiger partial charge in [-0.25, -0.2) is 0 Å². The second kappa shape index (κ2) is 6.89. The van der Waals surface area contributed by atoms with Gasteiger partial charge in [0.1, 0.15) is 5.84 Å². The molecule has 0 aliphatic heterocycles. The molecule has 1 fully saturated rings. The first-order chi connectivity index (χ1) is 11.6. The van der Waals surface area contributed by atoms with Crippen molar-refractivity contribution in [1.29, 1.82) is 0 Å². The Morgan fingerprint density at radius 1 is 1.17 bits per heavy atom. The molecule has 1 saturated carbocycles. The van der Waals surface area contributed by atoms with Crippen LogP contribution in [0.4, 0.5) is 5.69 Å². The van der Waals surface area contributed by atoms with Crippen molar-refractivity contribution in [2.75, 3.05) is 5.32 Å². The first-order valence-corrected chi connectivity index (χ1v) is 8.11. The van der Waals surface area contributed by atoms with Crippen molar-refractivity contribution in [3.05, 3.63) is 77.5 Å². The monoisotopic (exact) mass is 339 g/mol. The second-order valence-electron chi connectivity index (χ2n) is 5.78. The van der Waals surface area contributed by atoms with Gasteiger partial charge >= 0.3 is 0 Å². The number of halogens is 1. The second-order valence-corrected chi connectivity index (χ2v) is 6.21. The number of anilines is 1. The van der Waals surface area contributed by atoms with E-state index in [9.17, 15) is 4.79 Å². The number of carbonyl (C=O) groups excluding carboxylic acids is 1. The summed E-state index contributed by atoms with van der Waals surface area (Å²) in [6, 6.07) is 17.0. The summed E-state index contributed by atoms with van der Waals surface area (Å²) in [7, 11) is 0. The SMILES string of the molecule is NC(/C=C\Nc1ccccc1)=NC(=O)C1(c2cccc(Cl)c2)CC1. The van der Waals surface area contributed by atoms with E-state index in [0.717, 1.165) is 24.1 Å². The Balaban J connectivity index is 1.68. The number of hydrogen-bond acceptors (Lipinski definition) is 2. The van der Waals surface area contributed by atoms with Gasteiger partial charge in [0.2, 0.25) is 0 Å². The summed E-state index contributed by atoms with van der Waals surface area (Å²) >= 11 is 6.02. The lowest BCUT2D eigenvalue weighted by atomic mass is 9.95. The Morgan fingerprint density at radius 2 is 1.92 bits per heavy atom. The van der Waals surface area contributed by atoms with Crippen molar-refractivity contribution >= 4 is 29.0 Å². The lowest BCUT2D eigenvalue weighted by Gasteiger charge is -2.11. The van der Waals surface area contributed by atoms with Crippen LogP contribution in [0.5, 0.6) is 0 Å². The van der Waals surface area contributed by atoms with E-state index in [1.807, 2.05) is 48.5 Å². The van der Waals surface area contributed by atoms with Crippen LogP contribution >= 0.6 is 11.6 Å². The van der Waals surface area contributed by atoms with E-state index in [2.05, 4.69) is 10.3 Å². The van der Waals surface area contributed by atoms with E-state index in [1.165, 1.54) is 0 Å². The maximum absolute atomic E-state index is 12.5. The van der Waals surface area contributed by atoms with Crippen LogP contribution in [0.2, 0.25) is 5.02 Å².